The molecule has 0 saturated carbocycles. The molecule has 5 aromatic rings. The van der Waals surface area contributed by atoms with Crippen LogP contribution >= 0.6 is 0 Å². The second-order valence-electron chi connectivity index (χ2n) is 13.8. The van der Waals surface area contributed by atoms with E-state index in [1.807, 2.05) is 54.6 Å². The summed E-state index contributed by atoms with van der Waals surface area (Å²) in [6.45, 7) is 4.35. The molecule has 0 saturated heterocycles. The van der Waals surface area contributed by atoms with E-state index >= 15 is 0 Å². The number of fused-ring (bicyclic) bond motifs is 3. The first-order chi connectivity index (χ1) is 25.5. The Morgan fingerprint density at radius 3 is 2.23 bits per heavy atom. The minimum atomic E-state index is -0.502. The summed E-state index contributed by atoms with van der Waals surface area (Å²) in [5, 5.41) is 0. The van der Waals surface area contributed by atoms with Crippen molar-refractivity contribution in [2.24, 2.45) is 9.98 Å². The molecule has 0 bridgehead atoms. The van der Waals surface area contributed by atoms with Gasteiger partial charge < -0.3 is 4.74 Å². The summed E-state index contributed by atoms with van der Waals surface area (Å²) in [5.74, 6) is 9.15. The Labute approximate surface area is 304 Å². The Bertz CT molecular complexity index is 2420. The summed E-state index contributed by atoms with van der Waals surface area (Å²) in [5.41, 5.74) is 11.6. The van der Waals surface area contributed by atoms with Gasteiger partial charge in [-0.3, -0.25) is 0 Å². The fraction of sp³-hybridized carbons (Fsp3) is 0.149. The third kappa shape index (κ3) is 5.93. The van der Waals surface area contributed by atoms with Gasteiger partial charge in [-0.15, -0.1) is 0 Å². The first kappa shape index (κ1) is 31.6. The molecule has 0 spiro atoms. The zero-order valence-electron chi connectivity index (χ0n) is 29.2. The van der Waals surface area contributed by atoms with E-state index in [1.165, 1.54) is 11.1 Å². The molecule has 5 heteroatoms. The zero-order valence-corrected chi connectivity index (χ0v) is 29.2. The van der Waals surface area contributed by atoms with E-state index in [0.717, 1.165) is 68.9 Å². The van der Waals surface area contributed by atoms with Gasteiger partial charge in [0.15, 0.2) is 11.7 Å². The Morgan fingerprint density at radius 2 is 1.48 bits per heavy atom. The first-order valence-electron chi connectivity index (χ1n) is 17.9. The molecule has 2 aliphatic carbocycles. The van der Waals surface area contributed by atoms with Gasteiger partial charge in [0.1, 0.15) is 23.1 Å². The summed E-state index contributed by atoms with van der Waals surface area (Å²) >= 11 is 0. The summed E-state index contributed by atoms with van der Waals surface area (Å²) in [4.78, 5) is 20.4. The van der Waals surface area contributed by atoms with Crippen molar-refractivity contribution in [2.45, 2.75) is 44.8 Å². The topological polar surface area (TPSA) is 59.7 Å². The molecule has 0 fully saturated rings. The Hall–Kier alpha value is -6.38. The van der Waals surface area contributed by atoms with Crippen molar-refractivity contribution < 1.29 is 4.74 Å². The number of allylic oxidation sites excluding steroid dienone is 4. The standard InChI is InChI=1S/C47H36N4O/c1-31-14-12-13-21-37(31)41-24-23-40(48-45(49-41)33-17-8-4-9-18-33)35-22-25-44-38(28-35)39-29-36(26-27-47(39,2)52-44)43-30-42(32-15-6-3-7-16-32)50-46(51-43)34-19-10-5-11-20-34/h3-11,13,15-22,25-26,28-30,41H,12,14,27H2,1-2H3. The number of ether oxygens (including phenoxy) is 1. The summed E-state index contributed by atoms with van der Waals surface area (Å²) < 4.78 is 6.68. The van der Waals surface area contributed by atoms with E-state index in [0.29, 0.717) is 23.8 Å². The average molecular weight is 673 g/mol. The second-order valence-corrected chi connectivity index (χ2v) is 13.8. The van der Waals surface area contributed by atoms with Crippen molar-refractivity contribution in [3.8, 4) is 40.2 Å². The molecule has 2 aliphatic heterocycles. The van der Waals surface area contributed by atoms with Crippen LogP contribution in [0.1, 0.15) is 55.5 Å². The summed E-state index contributed by atoms with van der Waals surface area (Å²) in [7, 11) is 0. The minimum Gasteiger partial charge on any atom is -0.482 e. The van der Waals surface area contributed by atoms with Crippen LogP contribution in [0.25, 0.3) is 33.8 Å². The molecule has 2 atom stereocenters. The van der Waals surface area contributed by atoms with Crippen molar-refractivity contribution in [3.63, 3.8) is 0 Å². The molecule has 5 nitrogen and oxygen atoms in total. The third-order valence-electron chi connectivity index (χ3n) is 10.2. The summed E-state index contributed by atoms with van der Waals surface area (Å²) in [6, 6.07) is 38.8. The van der Waals surface area contributed by atoms with E-state index in [1.54, 1.807) is 0 Å². The monoisotopic (exact) mass is 672 g/mol. The number of aliphatic imine (C=N–C) groups is 2. The van der Waals surface area contributed by atoms with E-state index in [2.05, 4.69) is 111 Å². The highest BCUT2D eigenvalue weighted by atomic mass is 16.5. The smallest absolute Gasteiger partial charge is 0.160 e. The summed E-state index contributed by atoms with van der Waals surface area (Å²) in [6.07, 6.45) is 11.7. The van der Waals surface area contributed by atoms with Crippen LogP contribution in [-0.4, -0.2) is 33.2 Å². The number of hydrogen-bond donors (Lipinski definition) is 0. The van der Waals surface area contributed by atoms with Gasteiger partial charge >= 0.3 is 0 Å². The van der Waals surface area contributed by atoms with Crippen LogP contribution in [0.2, 0.25) is 0 Å². The number of hydrogen-bond acceptors (Lipinski definition) is 5. The second kappa shape index (κ2) is 13.1. The van der Waals surface area contributed by atoms with Gasteiger partial charge in [0.05, 0.1) is 11.4 Å². The van der Waals surface area contributed by atoms with Crippen LogP contribution in [0.15, 0.2) is 161 Å². The molecule has 4 aromatic carbocycles. The highest BCUT2D eigenvalue weighted by Gasteiger charge is 2.41. The van der Waals surface area contributed by atoms with Crippen molar-refractivity contribution in [2.75, 3.05) is 0 Å². The Kier molecular flexibility index (Phi) is 7.94. The lowest BCUT2D eigenvalue weighted by Gasteiger charge is -2.28. The van der Waals surface area contributed by atoms with Gasteiger partial charge in [-0.1, -0.05) is 121 Å². The molecule has 0 amide bonds. The van der Waals surface area contributed by atoms with Gasteiger partial charge in [-0.2, -0.15) is 0 Å². The van der Waals surface area contributed by atoms with Gasteiger partial charge in [-0.25, -0.2) is 20.0 Å². The number of amidine groups is 1. The predicted octanol–water partition coefficient (Wildman–Crippen LogP) is 10.1. The Morgan fingerprint density at radius 1 is 0.769 bits per heavy atom. The highest BCUT2D eigenvalue weighted by Crippen LogP contribution is 2.50. The molecule has 0 radical (unpaired) electrons. The SMILES string of the molecule is CC1=C(C2C#CC(c3ccc4c(c3)C3=CC(c5cc(-c6ccccc6)nc(-c6ccccc6)n5)=CCC3(C)O4)=NC(c3ccccc3)=N2)C=CCC1. The van der Waals surface area contributed by atoms with E-state index in [4.69, 9.17) is 24.7 Å². The molecular formula is C47H36N4O. The van der Waals surface area contributed by atoms with Gasteiger partial charge in [-0.05, 0) is 74.1 Å². The normalized spacial score (nSPS) is 20.2. The van der Waals surface area contributed by atoms with Crippen LogP contribution in [0, 0.1) is 11.8 Å². The first-order valence-corrected chi connectivity index (χ1v) is 17.9. The number of benzene rings is 4. The number of nitrogens with zero attached hydrogens (tertiary/aromatic N) is 4. The lowest BCUT2D eigenvalue weighted by atomic mass is 9.82. The molecule has 1 aromatic heterocycles. The maximum absolute atomic E-state index is 6.68. The molecule has 3 heterocycles. The average Bonchev–Trinajstić information content (AvgIpc) is 3.32. The van der Waals surface area contributed by atoms with Gasteiger partial charge in [0, 0.05) is 39.8 Å². The third-order valence-corrected chi connectivity index (χ3v) is 10.2. The van der Waals surface area contributed by atoms with Crippen LogP contribution in [0.4, 0.5) is 0 Å². The van der Waals surface area contributed by atoms with E-state index < -0.39 is 5.60 Å². The fourth-order valence-corrected chi connectivity index (χ4v) is 7.29. The molecule has 0 N–H and O–H groups in total. The molecule has 52 heavy (non-hydrogen) atoms. The maximum atomic E-state index is 6.68. The molecule has 2 unspecified atom stereocenters. The molecule has 250 valence electrons. The molecular weight excluding hydrogens is 637 g/mol. The number of rotatable bonds is 6. The molecule has 9 rings (SSSR count). The molecule has 4 aliphatic rings. The largest absolute Gasteiger partial charge is 0.482 e. The fourth-order valence-electron chi connectivity index (χ4n) is 7.29. The minimum absolute atomic E-state index is 0.280. The van der Waals surface area contributed by atoms with Crippen LogP contribution in [-0.2, 0) is 0 Å². The highest BCUT2D eigenvalue weighted by molar-refractivity contribution is 6.21. The Balaban J connectivity index is 1.12. The van der Waals surface area contributed by atoms with Crippen LogP contribution < -0.4 is 4.74 Å². The van der Waals surface area contributed by atoms with Gasteiger partial charge in [0.2, 0.25) is 0 Å². The van der Waals surface area contributed by atoms with Crippen molar-refractivity contribution >= 4 is 22.7 Å². The van der Waals surface area contributed by atoms with Crippen LogP contribution in [0.3, 0.4) is 0 Å². The lowest BCUT2D eigenvalue weighted by Crippen LogP contribution is -2.30. The maximum Gasteiger partial charge on any atom is 0.160 e. The van der Waals surface area contributed by atoms with E-state index in [9.17, 15) is 0 Å². The van der Waals surface area contributed by atoms with Gasteiger partial charge in [0.25, 0.3) is 0 Å². The number of aromatic nitrogens is 2. The van der Waals surface area contributed by atoms with Crippen molar-refractivity contribution in [1.82, 2.24) is 9.97 Å². The van der Waals surface area contributed by atoms with E-state index in [-0.39, 0.29) is 6.04 Å². The predicted molar refractivity (Wildman–Crippen MR) is 211 cm³/mol. The quantitative estimate of drug-likeness (QED) is 0.169. The zero-order chi connectivity index (χ0) is 35.1. The lowest BCUT2D eigenvalue weighted by molar-refractivity contribution is 0.170. The van der Waals surface area contributed by atoms with Crippen molar-refractivity contribution in [1.29, 1.82) is 0 Å². The van der Waals surface area contributed by atoms with Crippen molar-refractivity contribution in [3.05, 3.63) is 173 Å². The van der Waals surface area contributed by atoms with Crippen LogP contribution in [0.5, 0.6) is 5.75 Å².